The lowest BCUT2D eigenvalue weighted by Crippen LogP contribution is -2.45. The van der Waals surface area contributed by atoms with Crippen LogP contribution in [0.1, 0.15) is 12.5 Å². The van der Waals surface area contributed by atoms with Gasteiger partial charge in [-0.2, -0.15) is 0 Å². The molecule has 0 saturated carbocycles. The van der Waals surface area contributed by atoms with Crippen LogP contribution in [-0.2, 0) is 25.6 Å². The molecule has 0 N–H and O–H groups in total. The van der Waals surface area contributed by atoms with Gasteiger partial charge in [-0.1, -0.05) is 15.9 Å². The van der Waals surface area contributed by atoms with Crippen LogP contribution in [0, 0.1) is 5.82 Å². The van der Waals surface area contributed by atoms with Crippen molar-refractivity contribution in [3.63, 3.8) is 0 Å². The zero-order chi connectivity index (χ0) is 21.7. The van der Waals surface area contributed by atoms with Gasteiger partial charge in [0.05, 0.1) is 30.4 Å². The van der Waals surface area contributed by atoms with E-state index < -0.39 is 17.3 Å². The Hall–Kier alpha value is -2.30. The molecule has 2 aromatic rings. The van der Waals surface area contributed by atoms with E-state index in [0.717, 1.165) is 11.3 Å². The van der Waals surface area contributed by atoms with Crippen LogP contribution in [0.15, 0.2) is 27.5 Å². The predicted octanol–water partition coefficient (Wildman–Crippen LogP) is 0.843. The van der Waals surface area contributed by atoms with Crippen LogP contribution in [0.25, 0.3) is 12.2 Å². The molecule has 0 atom stereocenters. The number of thiazole rings is 1. The molecule has 1 amide bonds. The summed E-state index contributed by atoms with van der Waals surface area (Å²) >= 11 is 4.28. The van der Waals surface area contributed by atoms with Gasteiger partial charge >= 0.3 is 5.97 Å². The van der Waals surface area contributed by atoms with E-state index >= 15 is 0 Å². The first-order valence-corrected chi connectivity index (χ1v) is 10.9. The van der Waals surface area contributed by atoms with Crippen molar-refractivity contribution in [3.8, 4) is 0 Å². The average molecular weight is 499 g/mol. The Morgan fingerprint density at radius 3 is 2.77 bits per heavy atom. The molecule has 0 aliphatic carbocycles. The van der Waals surface area contributed by atoms with Crippen molar-refractivity contribution < 1.29 is 23.5 Å². The quantitative estimate of drug-likeness (QED) is 0.571. The zero-order valence-corrected chi connectivity index (χ0v) is 18.6. The third-order valence-electron chi connectivity index (χ3n) is 4.37. The Bertz CT molecular complexity index is 1120. The van der Waals surface area contributed by atoms with Crippen molar-refractivity contribution in [2.75, 3.05) is 32.9 Å². The zero-order valence-electron chi connectivity index (χ0n) is 16.2. The van der Waals surface area contributed by atoms with E-state index in [1.165, 1.54) is 22.8 Å². The summed E-state index contributed by atoms with van der Waals surface area (Å²) in [6.07, 6.45) is 2.59. The number of nitrogens with zero attached hydrogens (tertiary/aromatic N) is 2. The highest BCUT2D eigenvalue weighted by atomic mass is 79.9. The largest absolute Gasteiger partial charge is 0.463 e. The molecule has 10 heteroatoms. The Morgan fingerprint density at radius 2 is 2.07 bits per heavy atom. The lowest BCUT2D eigenvalue weighted by molar-refractivity contribution is -0.136. The number of carbonyl (C=O) groups is 2. The van der Waals surface area contributed by atoms with Crippen molar-refractivity contribution in [3.05, 3.63) is 53.6 Å². The molecule has 0 spiro atoms. The third kappa shape index (κ3) is 5.44. The average Bonchev–Trinajstić information content (AvgIpc) is 3.00. The topological polar surface area (TPSA) is 77.8 Å². The maximum atomic E-state index is 14.1. The third-order valence-corrected chi connectivity index (χ3v) is 5.92. The van der Waals surface area contributed by atoms with E-state index in [4.69, 9.17) is 9.47 Å². The molecule has 1 saturated heterocycles. The molecule has 3 rings (SSSR count). The Balaban J connectivity index is 2.06. The minimum absolute atomic E-state index is 0.180. The van der Waals surface area contributed by atoms with Crippen LogP contribution in [0.4, 0.5) is 4.39 Å². The molecule has 0 radical (unpaired) electrons. The molecular weight excluding hydrogens is 479 g/mol. The number of ether oxygens (including phenoxy) is 2. The summed E-state index contributed by atoms with van der Waals surface area (Å²) in [7, 11) is 0. The van der Waals surface area contributed by atoms with E-state index in [1.807, 2.05) is 0 Å². The van der Waals surface area contributed by atoms with Gasteiger partial charge in [0, 0.05) is 23.1 Å². The second-order valence-electron chi connectivity index (χ2n) is 6.40. The maximum Gasteiger partial charge on any atom is 0.333 e. The number of amides is 1. The molecule has 1 fully saturated rings. The molecule has 1 aromatic heterocycles. The summed E-state index contributed by atoms with van der Waals surface area (Å²) in [5, 5.41) is 0. The molecule has 2 heterocycles. The Kier molecular flexibility index (Phi) is 7.57. The smallest absolute Gasteiger partial charge is 0.333 e. The summed E-state index contributed by atoms with van der Waals surface area (Å²) in [6, 6.07) is 4.39. The number of carbonyl (C=O) groups excluding carboxylic acids is 2. The number of hydrogen-bond acceptors (Lipinski definition) is 6. The van der Waals surface area contributed by atoms with Gasteiger partial charge in [-0.15, -0.1) is 11.3 Å². The first kappa shape index (κ1) is 22.4. The van der Waals surface area contributed by atoms with E-state index in [0.29, 0.717) is 30.8 Å². The van der Waals surface area contributed by atoms with Gasteiger partial charge < -0.3 is 14.4 Å². The number of aromatic nitrogens is 1. The summed E-state index contributed by atoms with van der Waals surface area (Å²) in [5.74, 6) is -1.36. The first-order valence-electron chi connectivity index (χ1n) is 9.29. The van der Waals surface area contributed by atoms with Gasteiger partial charge in [-0.25, -0.2) is 9.18 Å². The lowest BCUT2D eigenvalue weighted by atomic mass is 10.2. The summed E-state index contributed by atoms with van der Waals surface area (Å²) < 4.78 is 26.7. The fraction of sp³-hybridized carbons (Fsp3) is 0.350. The lowest BCUT2D eigenvalue weighted by Gasteiger charge is -2.26. The van der Waals surface area contributed by atoms with E-state index in [-0.39, 0.29) is 33.8 Å². The van der Waals surface area contributed by atoms with Crippen LogP contribution < -0.4 is 14.8 Å². The highest BCUT2D eigenvalue weighted by Gasteiger charge is 2.19. The van der Waals surface area contributed by atoms with Gasteiger partial charge in [-0.3, -0.25) is 14.2 Å². The molecule has 1 aliphatic heterocycles. The van der Waals surface area contributed by atoms with Gasteiger partial charge in [0.2, 0.25) is 5.91 Å². The Labute approximate surface area is 184 Å². The fourth-order valence-corrected chi connectivity index (χ4v) is 4.29. The van der Waals surface area contributed by atoms with Crippen LogP contribution >= 0.6 is 27.3 Å². The normalized spacial score (nSPS) is 15.5. The number of halogens is 2. The van der Waals surface area contributed by atoms with Gasteiger partial charge in [0.25, 0.3) is 5.56 Å². The standard InChI is InChI=1S/C20H20BrFN2O5S/c1-2-29-19(26)11-18-24(12-17(25)23-5-7-28-8-6-23)20(27)16(30-18)10-13-9-14(21)3-4-15(13)22/h3-4,9-11H,2,5-8,12H2,1H3. The predicted molar refractivity (Wildman–Crippen MR) is 114 cm³/mol. The molecule has 1 aliphatic rings. The van der Waals surface area contributed by atoms with E-state index in [1.54, 1.807) is 24.0 Å². The van der Waals surface area contributed by atoms with Crippen molar-refractivity contribution in [2.45, 2.75) is 13.5 Å². The molecule has 7 nitrogen and oxygen atoms in total. The number of rotatable bonds is 5. The number of morpholine rings is 1. The monoisotopic (exact) mass is 498 g/mol. The van der Waals surface area contributed by atoms with E-state index in [9.17, 15) is 18.8 Å². The highest BCUT2D eigenvalue weighted by molar-refractivity contribution is 9.10. The molecule has 1 aromatic carbocycles. The van der Waals surface area contributed by atoms with Crippen LogP contribution in [0.2, 0.25) is 0 Å². The maximum absolute atomic E-state index is 14.1. The summed E-state index contributed by atoms with van der Waals surface area (Å²) in [6.45, 7) is 3.38. The Morgan fingerprint density at radius 1 is 1.33 bits per heavy atom. The van der Waals surface area contributed by atoms with Crippen molar-refractivity contribution >= 4 is 51.3 Å². The number of hydrogen-bond donors (Lipinski definition) is 0. The van der Waals surface area contributed by atoms with Crippen LogP contribution in [-0.4, -0.2) is 54.3 Å². The van der Waals surface area contributed by atoms with E-state index in [2.05, 4.69) is 15.9 Å². The molecular formula is C20H20BrFN2O5S. The van der Waals surface area contributed by atoms with Crippen molar-refractivity contribution in [1.82, 2.24) is 9.47 Å². The second kappa shape index (κ2) is 10.1. The second-order valence-corrected chi connectivity index (χ2v) is 8.37. The molecule has 160 valence electrons. The van der Waals surface area contributed by atoms with Gasteiger partial charge in [0.15, 0.2) is 0 Å². The number of esters is 1. The minimum Gasteiger partial charge on any atom is -0.463 e. The summed E-state index contributed by atoms with van der Waals surface area (Å²) in [4.78, 5) is 39.2. The van der Waals surface area contributed by atoms with Gasteiger partial charge in [-0.05, 0) is 31.2 Å². The highest BCUT2D eigenvalue weighted by Crippen LogP contribution is 2.15. The minimum atomic E-state index is -0.619. The number of benzene rings is 1. The molecule has 0 unspecified atom stereocenters. The molecule has 0 bridgehead atoms. The molecule has 30 heavy (non-hydrogen) atoms. The first-order chi connectivity index (χ1) is 14.4. The summed E-state index contributed by atoms with van der Waals surface area (Å²) in [5.41, 5.74) is -0.256. The van der Waals surface area contributed by atoms with Gasteiger partial charge in [0.1, 0.15) is 17.0 Å². The van der Waals surface area contributed by atoms with Crippen LogP contribution in [0.5, 0.6) is 0 Å². The van der Waals surface area contributed by atoms with Crippen molar-refractivity contribution in [1.29, 1.82) is 0 Å². The van der Waals surface area contributed by atoms with Crippen LogP contribution in [0.3, 0.4) is 0 Å². The van der Waals surface area contributed by atoms with Crippen molar-refractivity contribution in [2.24, 2.45) is 0 Å². The SMILES string of the molecule is CCOC(=O)C=c1sc(=Cc2cc(Br)ccc2F)c(=O)n1CC(=O)N1CCOCC1. The fourth-order valence-electron chi connectivity index (χ4n) is 2.89.